The van der Waals surface area contributed by atoms with Gasteiger partial charge in [-0.3, -0.25) is 0 Å². The van der Waals surface area contributed by atoms with E-state index in [0.717, 1.165) is 17.2 Å². The van der Waals surface area contributed by atoms with Crippen molar-refractivity contribution < 1.29 is 9.47 Å². The fourth-order valence-electron chi connectivity index (χ4n) is 1.73. The van der Waals surface area contributed by atoms with Gasteiger partial charge < -0.3 is 14.8 Å². The Labute approximate surface area is 113 Å². The highest BCUT2D eigenvalue weighted by molar-refractivity contribution is 7.11. The van der Waals surface area contributed by atoms with Crippen LogP contribution in [0.5, 0.6) is 0 Å². The molecule has 0 saturated carbocycles. The molecule has 18 heavy (non-hydrogen) atoms. The smallest absolute Gasteiger partial charge is 0.132 e. The Bertz CT molecular complexity index is 392. The molecule has 4 nitrogen and oxygen atoms in total. The fraction of sp³-hybridized carbons (Fsp3) is 0.769. The largest absolute Gasteiger partial charge is 0.376 e. The van der Waals surface area contributed by atoms with Crippen molar-refractivity contribution in [2.45, 2.75) is 45.9 Å². The van der Waals surface area contributed by atoms with E-state index in [2.05, 4.69) is 38.0 Å². The second-order valence-electron chi connectivity index (χ2n) is 5.60. The molecule has 1 saturated heterocycles. The predicted octanol–water partition coefficient (Wildman–Crippen LogP) is 2.43. The minimum atomic E-state index is 0.0193. The van der Waals surface area contributed by atoms with Gasteiger partial charge in [0.2, 0.25) is 0 Å². The van der Waals surface area contributed by atoms with Crippen LogP contribution in [0.4, 0.5) is 0 Å². The van der Waals surface area contributed by atoms with Crippen molar-refractivity contribution in [2.75, 3.05) is 19.8 Å². The van der Waals surface area contributed by atoms with E-state index < -0.39 is 0 Å². The molecular weight excluding hydrogens is 248 g/mol. The molecule has 102 valence electrons. The van der Waals surface area contributed by atoms with Crippen molar-refractivity contribution in [1.82, 2.24) is 10.3 Å². The van der Waals surface area contributed by atoms with Gasteiger partial charge in [0.15, 0.2) is 0 Å². The molecule has 0 aromatic carbocycles. The highest BCUT2D eigenvalue weighted by atomic mass is 32.1. The van der Waals surface area contributed by atoms with Gasteiger partial charge >= 0.3 is 0 Å². The lowest BCUT2D eigenvalue weighted by atomic mass is 10.1. The minimum Gasteiger partial charge on any atom is -0.376 e. The molecule has 1 unspecified atom stereocenters. The minimum absolute atomic E-state index is 0.0193. The zero-order valence-electron chi connectivity index (χ0n) is 11.6. The average molecular weight is 270 g/mol. The second kappa shape index (κ2) is 5.65. The van der Waals surface area contributed by atoms with Crippen LogP contribution in [0.2, 0.25) is 0 Å². The summed E-state index contributed by atoms with van der Waals surface area (Å²) in [6, 6.07) is 0. The molecule has 2 heterocycles. The summed E-state index contributed by atoms with van der Waals surface area (Å²) in [5.74, 6) is 0. The first-order valence-corrected chi connectivity index (χ1v) is 7.18. The third kappa shape index (κ3) is 3.75. The summed E-state index contributed by atoms with van der Waals surface area (Å²) in [6.45, 7) is 11.4. The Morgan fingerprint density at radius 2 is 2.17 bits per heavy atom. The lowest BCUT2D eigenvalue weighted by molar-refractivity contribution is -0.0902. The van der Waals surface area contributed by atoms with Gasteiger partial charge in [0.1, 0.15) is 11.1 Å². The molecule has 1 N–H and O–H groups in total. The predicted molar refractivity (Wildman–Crippen MR) is 73.0 cm³/mol. The van der Waals surface area contributed by atoms with Crippen LogP contribution in [0.3, 0.4) is 0 Å². The van der Waals surface area contributed by atoms with Gasteiger partial charge in [-0.2, -0.15) is 0 Å². The number of aromatic nitrogens is 1. The van der Waals surface area contributed by atoms with Crippen molar-refractivity contribution in [3.63, 3.8) is 0 Å². The molecule has 0 spiro atoms. The van der Waals surface area contributed by atoms with Crippen LogP contribution >= 0.6 is 11.3 Å². The molecule has 0 amide bonds. The maximum Gasteiger partial charge on any atom is 0.132 e. The molecule has 0 aliphatic carbocycles. The summed E-state index contributed by atoms with van der Waals surface area (Å²) < 4.78 is 11.1. The molecule has 0 radical (unpaired) electrons. The van der Waals surface area contributed by atoms with Crippen LogP contribution < -0.4 is 5.32 Å². The first-order chi connectivity index (χ1) is 8.46. The molecule has 2 rings (SSSR count). The van der Waals surface area contributed by atoms with Crippen LogP contribution in [-0.2, 0) is 16.0 Å². The molecule has 1 aliphatic rings. The molecule has 1 atom stereocenters. The Morgan fingerprint density at radius 3 is 2.78 bits per heavy atom. The molecule has 1 aliphatic heterocycles. The number of ether oxygens (including phenoxy) is 2. The average Bonchev–Trinajstić information content (AvgIpc) is 2.68. The summed E-state index contributed by atoms with van der Waals surface area (Å²) >= 11 is 1.73. The first kappa shape index (κ1) is 13.9. The number of nitrogens with zero attached hydrogens (tertiary/aromatic N) is 1. The van der Waals surface area contributed by atoms with E-state index in [-0.39, 0.29) is 11.6 Å². The quantitative estimate of drug-likeness (QED) is 0.916. The summed E-state index contributed by atoms with van der Waals surface area (Å²) in [5.41, 5.74) is 1.22. The summed E-state index contributed by atoms with van der Waals surface area (Å²) in [4.78, 5) is 5.89. The standard InChI is InChI=1S/C13H22N2O2S/c1-9-11(7-14-13(2,3)4)18-12(15-9)10-8-16-5-6-17-10/h10,14H,5-8H2,1-4H3. The maximum atomic E-state index is 5.68. The highest BCUT2D eigenvalue weighted by Crippen LogP contribution is 2.28. The summed E-state index contributed by atoms with van der Waals surface area (Å²) in [6.07, 6.45) is 0.0193. The molecule has 5 heteroatoms. The number of nitrogens with one attached hydrogen (secondary N) is 1. The van der Waals surface area contributed by atoms with Crippen molar-refractivity contribution in [2.24, 2.45) is 0 Å². The van der Waals surface area contributed by atoms with E-state index in [1.807, 2.05) is 0 Å². The first-order valence-electron chi connectivity index (χ1n) is 6.36. The second-order valence-corrected chi connectivity index (χ2v) is 6.71. The van der Waals surface area contributed by atoms with E-state index in [9.17, 15) is 0 Å². The van der Waals surface area contributed by atoms with E-state index in [1.165, 1.54) is 4.88 Å². The van der Waals surface area contributed by atoms with Crippen LogP contribution in [0.25, 0.3) is 0 Å². The van der Waals surface area contributed by atoms with Crippen molar-refractivity contribution in [3.8, 4) is 0 Å². The summed E-state index contributed by atoms with van der Waals surface area (Å²) in [7, 11) is 0. The molecule has 1 aromatic heterocycles. The Kier molecular flexibility index (Phi) is 4.37. The Balaban J connectivity index is 2.02. The van der Waals surface area contributed by atoms with Gasteiger partial charge in [-0.25, -0.2) is 4.98 Å². The number of hydrogen-bond donors (Lipinski definition) is 1. The summed E-state index contributed by atoms with van der Waals surface area (Å²) in [5, 5.41) is 4.53. The molecule has 1 aromatic rings. The topological polar surface area (TPSA) is 43.4 Å². The number of rotatable bonds is 3. The van der Waals surface area contributed by atoms with Crippen LogP contribution in [0, 0.1) is 6.92 Å². The van der Waals surface area contributed by atoms with Crippen LogP contribution in [0.15, 0.2) is 0 Å². The number of hydrogen-bond acceptors (Lipinski definition) is 5. The zero-order chi connectivity index (χ0) is 13.2. The van der Waals surface area contributed by atoms with Gasteiger partial charge in [0, 0.05) is 17.0 Å². The molecular formula is C13H22N2O2S. The van der Waals surface area contributed by atoms with Gasteiger partial charge in [-0.05, 0) is 27.7 Å². The van der Waals surface area contributed by atoms with E-state index in [4.69, 9.17) is 9.47 Å². The lowest BCUT2D eigenvalue weighted by Crippen LogP contribution is -2.34. The van der Waals surface area contributed by atoms with Crippen LogP contribution in [0.1, 0.15) is 42.5 Å². The Hall–Kier alpha value is -0.490. The van der Waals surface area contributed by atoms with E-state index in [1.54, 1.807) is 11.3 Å². The maximum absolute atomic E-state index is 5.68. The third-order valence-corrected chi connectivity index (χ3v) is 4.03. The van der Waals surface area contributed by atoms with E-state index in [0.29, 0.717) is 19.8 Å². The van der Waals surface area contributed by atoms with Crippen molar-refractivity contribution in [1.29, 1.82) is 0 Å². The zero-order valence-corrected chi connectivity index (χ0v) is 12.4. The van der Waals surface area contributed by atoms with Crippen molar-refractivity contribution in [3.05, 3.63) is 15.6 Å². The van der Waals surface area contributed by atoms with Gasteiger partial charge in [-0.1, -0.05) is 0 Å². The lowest BCUT2D eigenvalue weighted by Gasteiger charge is -2.21. The molecule has 1 fully saturated rings. The third-order valence-electron chi connectivity index (χ3n) is 2.78. The molecule has 0 bridgehead atoms. The van der Waals surface area contributed by atoms with E-state index >= 15 is 0 Å². The van der Waals surface area contributed by atoms with Gasteiger partial charge in [0.05, 0.1) is 25.5 Å². The van der Waals surface area contributed by atoms with Gasteiger partial charge in [0.25, 0.3) is 0 Å². The normalized spacial score (nSPS) is 21.2. The number of aryl methyl sites for hydroxylation is 1. The van der Waals surface area contributed by atoms with Crippen molar-refractivity contribution >= 4 is 11.3 Å². The monoisotopic (exact) mass is 270 g/mol. The van der Waals surface area contributed by atoms with Gasteiger partial charge in [-0.15, -0.1) is 11.3 Å². The SMILES string of the molecule is Cc1nc(C2COCCO2)sc1CNC(C)(C)C. The highest BCUT2D eigenvalue weighted by Gasteiger charge is 2.22. The number of thiazole rings is 1. The fourth-order valence-corrected chi connectivity index (χ4v) is 2.77. The Morgan fingerprint density at radius 1 is 1.39 bits per heavy atom. The van der Waals surface area contributed by atoms with Crippen LogP contribution in [-0.4, -0.2) is 30.3 Å².